The van der Waals surface area contributed by atoms with Crippen LogP contribution >= 0.6 is 0 Å². The number of nitrogens with zero attached hydrogens (tertiary/aromatic N) is 1. The molecule has 0 spiro atoms. The molecular weight excluding hydrogens is 186 g/mol. The molecule has 2 unspecified atom stereocenters. The fourth-order valence-corrected chi connectivity index (χ4v) is 3.05. The Morgan fingerprint density at radius 3 is 2.60 bits per heavy atom. The zero-order valence-electron chi connectivity index (χ0n) is 9.99. The molecule has 2 aliphatic carbocycles. The van der Waals surface area contributed by atoms with E-state index in [0.29, 0.717) is 6.61 Å². The van der Waals surface area contributed by atoms with E-state index in [2.05, 4.69) is 11.8 Å². The molecule has 15 heavy (non-hydrogen) atoms. The van der Waals surface area contributed by atoms with Crippen LogP contribution in [0.15, 0.2) is 0 Å². The average Bonchev–Trinajstić information content (AvgIpc) is 3.00. The molecule has 0 saturated heterocycles. The van der Waals surface area contributed by atoms with Gasteiger partial charge in [0.25, 0.3) is 0 Å². The van der Waals surface area contributed by atoms with Gasteiger partial charge >= 0.3 is 0 Å². The molecule has 0 radical (unpaired) electrons. The van der Waals surface area contributed by atoms with Crippen molar-refractivity contribution in [2.45, 2.75) is 51.5 Å². The molecule has 0 heterocycles. The minimum absolute atomic E-state index is 0.332. The maximum absolute atomic E-state index is 9.05. The normalized spacial score (nSPS) is 32.2. The second-order valence-corrected chi connectivity index (χ2v) is 5.59. The lowest BCUT2D eigenvalue weighted by atomic mass is 9.82. The quantitative estimate of drug-likeness (QED) is 0.754. The van der Waals surface area contributed by atoms with E-state index < -0.39 is 0 Å². The first-order valence-electron chi connectivity index (χ1n) is 6.64. The molecule has 1 N–H and O–H groups in total. The molecule has 2 atom stereocenters. The summed E-state index contributed by atoms with van der Waals surface area (Å²) in [5, 5.41) is 9.05. The molecule has 2 heteroatoms. The maximum atomic E-state index is 9.05. The SMILES string of the molecule is CC1CCCC(CN(CCO)C2CC2)C1. The highest BCUT2D eigenvalue weighted by Crippen LogP contribution is 2.32. The summed E-state index contributed by atoms with van der Waals surface area (Å²) in [7, 11) is 0. The first-order chi connectivity index (χ1) is 7.29. The molecule has 0 aliphatic heterocycles. The highest BCUT2D eigenvalue weighted by atomic mass is 16.3. The second-order valence-electron chi connectivity index (χ2n) is 5.59. The predicted molar refractivity (Wildman–Crippen MR) is 62.8 cm³/mol. The summed E-state index contributed by atoms with van der Waals surface area (Å²) in [6.45, 7) is 4.86. The van der Waals surface area contributed by atoms with Crippen molar-refractivity contribution in [3.05, 3.63) is 0 Å². The van der Waals surface area contributed by atoms with Crippen LogP contribution in [-0.2, 0) is 0 Å². The van der Waals surface area contributed by atoms with Crippen LogP contribution in [0.25, 0.3) is 0 Å². The maximum Gasteiger partial charge on any atom is 0.0558 e. The summed E-state index contributed by atoms with van der Waals surface area (Å²) in [5.74, 6) is 1.83. The van der Waals surface area contributed by atoms with Gasteiger partial charge < -0.3 is 5.11 Å². The highest BCUT2D eigenvalue weighted by Gasteiger charge is 2.31. The van der Waals surface area contributed by atoms with E-state index in [4.69, 9.17) is 5.11 Å². The number of hydrogen-bond donors (Lipinski definition) is 1. The van der Waals surface area contributed by atoms with Crippen LogP contribution in [0.2, 0.25) is 0 Å². The van der Waals surface area contributed by atoms with Crippen molar-refractivity contribution >= 4 is 0 Å². The van der Waals surface area contributed by atoms with Crippen LogP contribution < -0.4 is 0 Å². The molecule has 0 amide bonds. The molecule has 2 rings (SSSR count). The molecule has 2 aliphatic rings. The molecule has 88 valence electrons. The molecular formula is C13H25NO. The van der Waals surface area contributed by atoms with Crippen molar-refractivity contribution in [3.8, 4) is 0 Å². The molecule has 0 aromatic heterocycles. The summed E-state index contributed by atoms with van der Waals surface area (Å²) >= 11 is 0. The minimum atomic E-state index is 0.332. The van der Waals surface area contributed by atoms with E-state index in [-0.39, 0.29) is 0 Å². The first kappa shape index (κ1) is 11.4. The van der Waals surface area contributed by atoms with Crippen molar-refractivity contribution in [1.29, 1.82) is 0 Å². The number of aliphatic hydroxyl groups excluding tert-OH is 1. The molecule has 2 fully saturated rings. The largest absolute Gasteiger partial charge is 0.395 e. The van der Waals surface area contributed by atoms with E-state index in [9.17, 15) is 0 Å². The van der Waals surface area contributed by atoms with E-state index in [1.807, 2.05) is 0 Å². The first-order valence-corrected chi connectivity index (χ1v) is 6.64. The van der Waals surface area contributed by atoms with Crippen molar-refractivity contribution < 1.29 is 5.11 Å². The van der Waals surface area contributed by atoms with Crippen molar-refractivity contribution in [2.24, 2.45) is 11.8 Å². The molecule has 0 bridgehead atoms. The Balaban J connectivity index is 1.77. The lowest BCUT2D eigenvalue weighted by Gasteiger charge is -2.32. The lowest BCUT2D eigenvalue weighted by molar-refractivity contribution is 0.143. The van der Waals surface area contributed by atoms with Gasteiger partial charge in [0.15, 0.2) is 0 Å². The monoisotopic (exact) mass is 211 g/mol. The van der Waals surface area contributed by atoms with Gasteiger partial charge in [0.1, 0.15) is 0 Å². The summed E-state index contributed by atoms with van der Waals surface area (Å²) in [6.07, 6.45) is 8.40. The number of aliphatic hydroxyl groups is 1. The average molecular weight is 211 g/mol. The second kappa shape index (κ2) is 5.31. The summed E-state index contributed by atoms with van der Waals surface area (Å²) in [5.41, 5.74) is 0. The third-order valence-corrected chi connectivity index (χ3v) is 3.99. The third-order valence-electron chi connectivity index (χ3n) is 3.99. The Morgan fingerprint density at radius 2 is 2.00 bits per heavy atom. The summed E-state index contributed by atoms with van der Waals surface area (Å²) in [6, 6.07) is 0.814. The standard InChI is InChI=1S/C13H25NO/c1-11-3-2-4-12(9-11)10-14(7-8-15)13-5-6-13/h11-13,15H,2-10H2,1H3. The Morgan fingerprint density at radius 1 is 1.20 bits per heavy atom. The van der Waals surface area contributed by atoms with Gasteiger partial charge in [0.05, 0.1) is 6.61 Å². The van der Waals surface area contributed by atoms with E-state index in [0.717, 1.165) is 24.4 Å². The summed E-state index contributed by atoms with van der Waals surface area (Å²) < 4.78 is 0. The van der Waals surface area contributed by atoms with Gasteiger partial charge in [-0.2, -0.15) is 0 Å². The van der Waals surface area contributed by atoms with Crippen molar-refractivity contribution in [2.75, 3.05) is 19.7 Å². The predicted octanol–water partition coefficient (Wildman–Crippen LogP) is 2.27. The van der Waals surface area contributed by atoms with Gasteiger partial charge in [-0.25, -0.2) is 0 Å². The number of rotatable bonds is 5. The van der Waals surface area contributed by atoms with Crippen molar-refractivity contribution in [3.63, 3.8) is 0 Å². The minimum Gasteiger partial charge on any atom is -0.395 e. The van der Waals surface area contributed by atoms with Gasteiger partial charge in [-0.15, -0.1) is 0 Å². The van der Waals surface area contributed by atoms with E-state index >= 15 is 0 Å². The van der Waals surface area contributed by atoms with Gasteiger partial charge in [-0.3, -0.25) is 4.90 Å². The fraction of sp³-hybridized carbons (Fsp3) is 1.00. The molecule has 2 saturated carbocycles. The lowest BCUT2D eigenvalue weighted by Crippen LogP contribution is -2.35. The Hall–Kier alpha value is -0.0800. The smallest absolute Gasteiger partial charge is 0.0558 e. The fourth-order valence-electron chi connectivity index (χ4n) is 3.05. The molecule has 2 nitrogen and oxygen atoms in total. The van der Waals surface area contributed by atoms with Gasteiger partial charge in [0.2, 0.25) is 0 Å². The van der Waals surface area contributed by atoms with Crippen LogP contribution in [0.3, 0.4) is 0 Å². The van der Waals surface area contributed by atoms with Crippen molar-refractivity contribution in [1.82, 2.24) is 4.90 Å². The Kier molecular flexibility index (Phi) is 4.04. The van der Waals surface area contributed by atoms with Gasteiger partial charge in [-0.1, -0.05) is 19.8 Å². The topological polar surface area (TPSA) is 23.5 Å². The third kappa shape index (κ3) is 3.46. The van der Waals surface area contributed by atoms with Crippen LogP contribution in [0, 0.1) is 11.8 Å². The van der Waals surface area contributed by atoms with Crippen LogP contribution in [0.4, 0.5) is 0 Å². The van der Waals surface area contributed by atoms with Crippen LogP contribution in [-0.4, -0.2) is 35.7 Å². The Bertz CT molecular complexity index is 191. The Labute approximate surface area is 93.7 Å². The zero-order chi connectivity index (χ0) is 10.7. The number of hydrogen-bond acceptors (Lipinski definition) is 2. The van der Waals surface area contributed by atoms with E-state index in [1.54, 1.807) is 0 Å². The molecule has 0 aromatic carbocycles. The van der Waals surface area contributed by atoms with Crippen LogP contribution in [0.5, 0.6) is 0 Å². The van der Waals surface area contributed by atoms with Gasteiger partial charge in [-0.05, 0) is 37.5 Å². The zero-order valence-corrected chi connectivity index (χ0v) is 9.99. The summed E-state index contributed by atoms with van der Waals surface area (Å²) in [4.78, 5) is 2.53. The van der Waals surface area contributed by atoms with E-state index in [1.165, 1.54) is 45.1 Å². The van der Waals surface area contributed by atoms with Crippen LogP contribution in [0.1, 0.15) is 45.4 Å². The highest BCUT2D eigenvalue weighted by molar-refractivity contribution is 4.86. The molecule has 0 aromatic rings. The van der Waals surface area contributed by atoms with Gasteiger partial charge in [0, 0.05) is 19.1 Å².